The van der Waals surface area contributed by atoms with Gasteiger partial charge in [-0.2, -0.15) is 0 Å². The minimum atomic E-state index is -0.0333. The van der Waals surface area contributed by atoms with Gasteiger partial charge in [0.25, 0.3) is 0 Å². The number of hydrogen-bond acceptors (Lipinski definition) is 3. The van der Waals surface area contributed by atoms with Crippen LogP contribution in [0.4, 0.5) is 0 Å². The first-order chi connectivity index (χ1) is 9.36. The van der Waals surface area contributed by atoms with Crippen molar-refractivity contribution in [1.82, 2.24) is 14.8 Å². The Labute approximate surface area is 112 Å². The van der Waals surface area contributed by atoms with Crippen molar-refractivity contribution in [3.63, 3.8) is 0 Å². The molecule has 1 fully saturated rings. The van der Waals surface area contributed by atoms with Crippen LogP contribution >= 0.6 is 0 Å². The highest BCUT2D eigenvalue weighted by atomic mass is 16.3. The lowest BCUT2D eigenvalue weighted by Gasteiger charge is -2.09. The number of nitrogens with zero attached hydrogens (tertiary/aromatic N) is 3. The molecule has 0 amide bonds. The SMILES string of the molecule is OCc1nnc(-c2ccc3c(c2)CCC3)n1C1CC1. The van der Waals surface area contributed by atoms with Crippen molar-refractivity contribution >= 4 is 0 Å². The fraction of sp³-hybridized carbons (Fsp3) is 0.467. The van der Waals surface area contributed by atoms with Crippen molar-refractivity contribution in [3.05, 3.63) is 35.2 Å². The number of hydrogen-bond donors (Lipinski definition) is 1. The van der Waals surface area contributed by atoms with E-state index in [1.54, 1.807) is 0 Å². The van der Waals surface area contributed by atoms with E-state index in [1.807, 2.05) is 0 Å². The zero-order chi connectivity index (χ0) is 12.8. The van der Waals surface area contributed by atoms with Gasteiger partial charge < -0.3 is 9.67 Å². The normalized spacial score (nSPS) is 17.7. The van der Waals surface area contributed by atoms with Crippen LogP contribution in [0.15, 0.2) is 18.2 Å². The van der Waals surface area contributed by atoms with Crippen molar-refractivity contribution in [1.29, 1.82) is 0 Å². The van der Waals surface area contributed by atoms with E-state index in [1.165, 1.54) is 43.2 Å². The Morgan fingerprint density at radius 3 is 2.79 bits per heavy atom. The summed E-state index contributed by atoms with van der Waals surface area (Å²) < 4.78 is 2.12. The van der Waals surface area contributed by atoms with Crippen molar-refractivity contribution in [2.75, 3.05) is 0 Å². The fourth-order valence-corrected chi connectivity index (χ4v) is 3.06. The largest absolute Gasteiger partial charge is 0.388 e. The van der Waals surface area contributed by atoms with Crippen LogP contribution < -0.4 is 0 Å². The summed E-state index contributed by atoms with van der Waals surface area (Å²) in [6.45, 7) is -0.0333. The molecule has 4 nitrogen and oxygen atoms in total. The number of aliphatic hydroxyl groups is 1. The Kier molecular flexibility index (Phi) is 2.45. The highest BCUT2D eigenvalue weighted by molar-refractivity contribution is 5.59. The minimum absolute atomic E-state index is 0.0333. The van der Waals surface area contributed by atoms with E-state index < -0.39 is 0 Å². The fourth-order valence-electron chi connectivity index (χ4n) is 3.06. The third kappa shape index (κ3) is 1.78. The lowest BCUT2D eigenvalue weighted by atomic mass is 10.1. The maximum absolute atomic E-state index is 9.39. The molecule has 98 valence electrons. The van der Waals surface area contributed by atoms with Gasteiger partial charge in [-0.05, 0) is 49.3 Å². The van der Waals surface area contributed by atoms with Gasteiger partial charge in [0, 0.05) is 11.6 Å². The van der Waals surface area contributed by atoms with Crippen LogP contribution in [0, 0.1) is 0 Å². The van der Waals surface area contributed by atoms with Crippen molar-refractivity contribution in [3.8, 4) is 11.4 Å². The average molecular weight is 255 g/mol. The summed E-state index contributed by atoms with van der Waals surface area (Å²) in [5, 5.41) is 17.8. The van der Waals surface area contributed by atoms with E-state index in [9.17, 15) is 5.11 Å². The van der Waals surface area contributed by atoms with Crippen molar-refractivity contribution in [2.24, 2.45) is 0 Å². The first-order valence-corrected chi connectivity index (χ1v) is 7.03. The van der Waals surface area contributed by atoms with E-state index in [0.717, 1.165) is 11.4 Å². The Morgan fingerprint density at radius 1 is 1.16 bits per heavy atom. The molecule has 0 bridgehead atoms. The summed E-state index contributed by atoms with van der Waals surface area (Å²) in [6.07, 6.45) is 5.97. The second-order valence-electron chi connectivity index (χ2n) is 5.54. The molecule has 0 aliphatic heterocycles. The lowest BCUT2D eigenvalue weighted by Crippen LogP contribution is -2.03. The average Bonchev–Trinajstić information content (AvgIpc) is 3.02. The van der Waals surface area contributed by atoms with E-state index in [4.69, 9.17) is 0 Å². The quantitative estimate of drug-likeness (QED) is 0.915. The Balaban J connectivity index is 1.81. The number of aryl methyl sites for hydroxylation is 2. The number of rotatable bonds is 3. The summed E-state index contributed by atoms with van der Waals surface area (Å²) in [6, 6.07) is 7.11. The van der Waals surface area contributed by atoms with Crippen molar-refractivity contribution < 1.29 is 5.11 Å². The minimum Gasteiger partial charge on any atom is -0.388 e. The molecule has 0 unspecified atom stereocenters. The molecule has 1 aromatic heterocycles. The van der Waals surface area contributed by atoms with E-state index in [-0.39, 0.29) is 6.61 Å². The third-order valence-corrected chi connectivity index (χ3v) is 4.18. The molecule has 2 aliphatic carbocycles. The molecular weight excluding hydrogens is 238 g/mol. The van der Waals surface area contributed by atoms with Gasteiger partial charge in [0.2, 0.25) is 0 Å². The van der Waals surface area contributed by atoms with Crippen LogP contribution in [0.25, 0.3) is 11.4 Å². The Hall–Kier alpha value is -1.68. The summed E-state index contributed by atoms with van der Waals surface area (Å²) in [4.78, 5) is 0. The standard InChI is InChI=1S/C15H17N3O/c19-9-14-16-17-15(18(14)13-6-7-13)12-5-4-10-2-1-3-11(10)8-12/h4-5,8,13,19H,1-3,6-7,9H2. The Morgan fingerprint density at radius 2 is 2.00 bits per heavy atom. The molecule has 1 N–H and O–H groups in total. The number of benzene rings is 1. The molecule has 2 aliphatic rings. The molecule has 1 aromatic carbocycles. The molecule has 19 heavy (non-hydrogen) atoms. The number of aromatic nitrogens is 3. The van der Waals surface area contributed by atoms with E-state index in [0.29, 0.717) is 11.9 Å². The van der Waals surface area contributed by atoms with Crippen LogP contribution in [-0.2, 0) is 19.4 Å². The molecule has 1 heterocycles. The molecular formula is C15H17N3O. The lowest BCUT2D eigenvalue weighted by molar-refractivity contribution is 0.265. The second kappa shape index (κ2) is 4.17. The summed E-state index contributed by atoms with van der Waals surface area (Å²) in [5.74, 6) is 1.61. The molecule has 2 aromatic rings. The topological polar surface area (TPSA) is 50.9 Å². The monoisotopic (exact) mass is 255 g/mol. The van der Waals surface area contributed by atoms with Crippen LogP contribution in [-0.4, -0.2) is 19.9 Å². The van der Waals surface area contributed by atoms with Crippen LogP contribution in [0.1, 0.15) is 42.3 Å². The zero-order valence-corrected chi connectivity index (χ0v) is 10.8. The predicted octanol–water partition coefficient (Wildman–Crippen LogP) is 2.26. The molecule has 4 rings (SSSR count). The third-order valence-electron chi connectivity index (χ3n) is 4.18. The molecule has 0 radical (unpaired) electrons. The van der Waals surface area contributed by atoms with Gasteiger partial charge in [0.1, 0.15) is 6.61 Å². The molecule has 0 atom stereocenters. The second-order valence-corrected chi connectivity index (χ2v) is 5.54. The number of fused-ring (bicyclic) bond motifs is 1. The van der Waals surface area contributed by atoms with Gasteiger partial charge in [0.05, 0.1) is 0 Å². The maximum atomic E-state index is 9.39. The van der Waals surface area contributed by atoms with Gasteiger partial charge >= 0.3 is 0 Å². The van der Waals surface area contributed by atoms with Crippen LogP contribution in [0.2, 0.25) is 0 Å². The molecule has 0 spiro atoms. The van der Waals surface area contributed by atoms with Crippen molar-refractivity contribution in [2.45, 2.75) is 44.8 Å². The Bertz CT molecular complexity index is 628. The van der Waals surface area contributed by atoms with E-state index in [2.05, 4.69) is 33.0 Å². The molecule has 0 saturated heterocycles. The first-order valence-electron chi connectivity index (χ1n) is 7.03. The summed E-state index contributed by atoms with van der Waals surface area (Å²) in [5.41, 5.74) is 4.07. The van der Waals surface area contributed by atoms with Gasteiger partial charge in [-0.25, -0.2) is 0 Å². The van der Waals surface area contributed by atoms with Gasteiger partial charge in [-0.15, -0.1) is 10.2 Å². The number of aliphatic hydroxyl groups excluding tert-OH is 1. The maximum Gasteiger partial charge on any atom is 0.164 e. The van der Waals surface area contributed by atoms with Gasteiger partial charge in [0.15, 0.2) is 11.6 Å². The smallest absolute Gasteiger partial charge is 0.164 e. The highest BCUT2D eigenvalue weighted by Gasteiger charge is 2.29. The van der Waals surface area contributed by atoms with Gasteiger partial charge in [-0.3, -0.25) is 0 Å². The first kappa shape index (κ1) is 11.2. The highest BCUT2D eigenvalue weighted by Crippen LogP contribution is 2.39. The van der Waals surface area contributed by atoms with Crippen LogP contribution in [0.5, 0.6) is 0 Å². The predicted molar refractivity (Wildman–Crippen MR) is 71.7 cm³/mol. The van der Waals surface area contributed by atoms with Gasteiger partial charge in [-0.1, -0.05) is 12.1 Å². The summed E-state index contributed by atoms with van der Waals surface area (Å²) >= 11 is 0. The van der Waals surface area contributed by atoms with E-state index >= 15 is 0 Å². The van der Waals surface area contributed by atoms with Crippen LogP contribution in [0.3, 0.4) is 0 Å². The summed E-state index contributed by atoms with van der Waals surface area (Å²) in [7, 11) is 0. The zero-order valence-electron chi connectivity index (χ0n) is 10.8. The molecule has 4 heteroatoms. The molecule has 1 saturated carbocycles.